The standard InChI is InChI=1S/C32H62N4O14/c1-31(2,3)49-29(39)35-11-16-44-20-19-43-14-9-33-27(37)7-12-41-17-21-46-23-24-47-22-18-42-13-8-28(38)34-10-15-45-25-26-48-36-30(40)50-32(4,5)6/h7-26H2,1-6H3,(H,33,37)(H,34,38)(H,35,39)(H,36,40). The second-order valence-electron chi connectivity index (χ2n) is 12.4. The summed E-state index contributed by atoms with van der Waals surface area (Å²) in [6.45, 7) is 16.7. The van der Waals surface area contributed by atoms with E-state index < -0.39 is 23.4 Å². The highest BCUT2D eigenvalue weighted by atomic mass is 16.7. The van der Waals surface area contributed by atoms with Gasteiger partial charge in [-0.15, -0.1) is 0 Å². The second-order valence-corrected chi connectivity index (χ2v) is 12.4. The smallest absolute Gasteiger partial charge is 0.431 e. The molecule has 0 aliphatic carbocycles. The van der Waals surface area contributed by atoms with Crippen LogP contribution < -0.4 is 21.4 Å². The van der Waals surface area contributed by atoms with Gasteiger partial charge in [-0.3, -0.25) is 14.4 Å². The van der Waals surface area contributed by atoms with Crippen LogP contribution in [0.2, 0.25) is 0 Å². The zero-order valence-electron chi connectivity index (χ0n) is 30.9. The highest BCUT2D eigenvalue weighted by Crippen LogP contribution is 2.06. The SMILES string of the molecule is CC(C)(C)OC(=O)NCCOCCOCCNC(=O)CCOCCOCCOCCOCCC(=O)NCCOCCONC(=O)OC(C)(C)C. The third-order valence-corrected chi connectivity index (χ3v) is 5.37. The summed E-state index contributed by atoms with van der Waals surface area (Å²) in [5.74, 6) is -0.281. The Morgan fingerprint density at radius 2 is 0.720 bits per heavy atom. The largest absolute Gasteiger partial charge is 0.444 e. The summed E-state index contributed by atoms with van der Waals surface area (Å²) in [5.41, 5.74) is 1.02. The number of carbonyl (C=O) groups excluding carboxylic acids is 4. The molecule has 0 atom stereocenters. The van der Waals surface area contributed by atoms with E-state index in [0.29, 0.717) is 92.3 Å². The zero-order valence-corrected chi connectivity index (χ0v) is 30.9. The fourth-order valence-corrected chi connectivity index (χ4v) is 3.27. The highest BCUT2D eigenvalue weighted by molar-refractivity contribution is 5.76. The van der Waals surface area contributed by atoms with Gasteiger partial charge in [-0.1, -0.05) is 0 Å². The Morgan fingerprint density at radius 1 is 0.400 bits per heavy atom. The zero-order chi connectivity index (χ0) is 37.4. The fraction of sp³-hybridized carbons (Fsp3) is 0.875. The van der Waals surface area contributed by atoms with Crippen LogP contribution in [0.1, 0.15) is 54.4 Å². The van der Waals surface area contributed by atoms with Gasteiger partial charge >= 0.3 is 12.2 Å². The molecule has 0 spiro atoms. The molecule has 0 unspecified atom stereocenters. The summed E-state index contributed by atoms with van der Waals surface area (Å²) < 4.78 is 47.9. The van der Waals surface area contributed by atoms with Gasteiger partial charge in [0.2, 0.25) is 11.8 Å². The Balaban J connectivity index is 3.32. The van der Waals surface area contributed by atoms with Gasteiger partial charge in [-0.2, -0.15) is 5.48 Å². The number of hydrogen-bond donors (Lipinski definition) is 4. The minimum atomic E-state index is -0.674. The molecule has 4 N–H and O–H groups in total. The van der Waals surface area contributed by atoms with Crippen LogP contribution in [0, 0.1) is 0 Å². The molecule has 0 radical (unpaired) electrons. The fourth-order valence-electron chi connectivity index (χ4n) is 3.27. The highest BCUT2D eigenvalue weighted by Gasteiger charge is 2.16. The van der Waals surface area contributed by atoms with E-state index in [-0.39, 0.29) is 51.1 Å². The quantitative estimate of drug-likeness (QED) is 0.0583. The van der Waals surface area contributed by atoms with Crippen molar-refractivity contribution in [1.82, 2.24) is 21.4 Å². The average molecular weight is 727 g/mol. The number of amides is 4. The first-order valence-corrected chi connectivity index (χ1v) is 16.9. The summed E-state index contributed by atoms with van der Waals surface area (Å²) >= 11 is 0. The number of hydroxylamine groups is 1. The van der Waals surface area contributed by atoms with Crippen molar-refractivity contribution < 1.29 is 66.6 Å². The number of alkyl carbamates (subject to hydrolysis) is 1. The van der Waals surface area contributed by atoms with Gasteiger partial charge in [0.25, 0.3) is 0 Å². The van der Waals surface area contributed by atoms with Crippen LogP contribution in [-0.2, 0) is 57.1 Å². The first-order chi connectivity index (χ1) is 23.8. The minimum absolute atomic E-state index is 0.129. The average Bonchev–Trinajstić information content (AvgIpc) is 3.01. The van der Waals surface area contributed by atoms with Crippen LogP contribution >= 0.6 is 0 Å². The first kappa shape index (κ1) is 47.2. The second kappa shape index (κ2) is 30.9. The van der Waals surface area contributed by atoms with Gasteiger partial charge in [-0.25, -0.2) is 9.59 Å². The van der Waals surface area contributed by atoms with Crippen molar-refractivity contribution in [3.8, 4) is 0 Å². The van der Waals surface area contributed by atoms with Crippen LogP contribution in [-0.4, -0.2) is 154 Å². The van der Waals surface area contributed by atoms with Crippen LogP contribution in [0.3, 0.4) is 0 Å². The summed E-state index contributed by atoms with van der Waals surface area (Å²) in [7, 11) is 0. The molecular formula is C32H62N4O14. The molecule has 18 nitrogen and oxygen atoms in total. The van der Waals surface area contributed by atoms with E-state index in [1.165, 1.54) is 0 Å². The van der Waals surface area contributed by atoms with Crippen LogP contribution in [0.25, 0.3) is 0 Å². The number of carbonyl (C=O) groups is 4. The molecule has 50 heavy (non-hydrogen) atoms. The van der Waals surface area contributed by atoms with Gasteiger partial charge in [0.05, 0.1) is 99.1 Å². The van der Waals surface area contributed by atoms with Crippen molar-refractivity contribution in [2.45, 2.75) is 65.6 Å². The molecule has 294 valence electrons. The van der Waals surface area contributed by atoms with Gasteiger partial charge in [0, 0.05) is 32.5 Å². The van der Waals surface area contributed by atoms with E-state index in [1.807, 2.05) is 0 Å². The molecule has 18 heteroatoms. The molecule has 0 rings (SSSR count). The molecule has 0 bridgehead atoms. The van der Waals surface area contributed by atoms with Gasteiger partial charge < -0.3 is 58.6 Å². The number of rotatable bonds is 31. The molecule has 0 aromatic heterocycles. The van der Waals surface area contributed by atoms with Crippen molar-refractivity contribution in [1.29, 1.82) is 0 Å². The maximum atomic E-state index is 11.8. The predicted molar refractivity (Wildman–Crippen MR) is 181 cm³/mol. The molecule has 0 saturated heterocycles. The Hall–Kier alpha value is -2.84. The Bertz CT molecular complexity index is 884. The lowest BCUT2D eigenvalue weighted by Gasteiger charge is -2.19. The maximum absolute atomic E-state index is 11.8. The molecule has 0 saturated carbocycles. The molecule has 0 aromatic carbocycles. The molecular weight excluding hydrogens is 664 g/mol. The van der Waals surface area contributed by atoms with Crippen molar-refractivity contribution in [2.24, 2.45) is 0 Å². The first-order valence-electron chi connectivity index (χ1n) is 16.9. The lowest BCUT2D eigenvalue weighted by atomic mass is 10.2. The summed E-state index contributed by atoms with van der Waals surface area (Å²) in [5, 5.41) is 8.08. The minimum Gasteiger partial charge on any atom is -0.444 e. The van der Waals surface area contributed by atoms with Gasteiger partial charge in [0.15, 0.2) is 0 Å². The number of nitrogens with one attached hydrogen (secondary N) is 4. The maximum Gasteiger partial charge on any atom is 0.431 e. The topological polar surface area (TPSA) is 209 Å². The van der Waals surface area contributed by atoms with E-state index in [0.717, 1.165) is 0 Å². The van der Waals surface area contributed by atoms with Crippen molar-refractivity contribution in [2.75, 3.05) is 119 Å². The lowest BCUT2D eigenvalue weighted by molar-refractivity contribution is -0.123. The van der Waals surface area contributed by atoms with E-state index in [4.69, 9.17) is 47.5 Å². The lowest BCUT2D eigenvalue weighted by Crippen LogP contribution is -2.34. The van der Waals surface area contributed by atoms with Crippen molar-refractivity contribution in [3.63, 3.8) is 0 Å². The number of ether oxygens (including phenoxy) is 9. The Labute approximate surface area is 296 Å². The normalized spacial score (nSPS) is 11.6. The van der Waals surface area contributed by atoms with Gasteiger partial charge in [-0.05, 0) is 41.5 Å². The molecule has 0 aromatic rings. The molecule has 0 aliphatic heterocycles. The summed E-state index contributed by atoms with van der Waals surface area (Å²) in [6, 6.07) is 0. The summed E-state index contributed by atoms with van der Waals surface area (Å²) in [6.07, 6.45) is -0.699. The van der Waals surface area contributed by atoms with Crippen LogP contribution in [0.15, 0.2) is 0 Å². The Morgan fingerprint density at radius 3 is 1.12 bits per heavy atom. The van der Waals surface area contributed by atoms with E-state index >= 15 is 0 Å². The Kier molecular flexibility index (Phi) is 29.2. The predicted octanol–water partition coefficient (Wildman–Crippen LogP) is 1.10. The van der Waals surface area contributed by atoms with E-state index in [9.17, 15) is 19.2 Å². The molecule has 0 fully saturated rings. The van der Waals surface area contributed by atoms with Gasteiger partial charge in [0.1, 0.15) is 11.2 Å². The molecule has 0 heterocycles. The van der Waals surface area contributed by atoms with E-state index in [2.05, 4.69) is 21.4 Å². The molecule has 0 aliphatic rings. The summed E-state index contributed by atoms with van der Waals surface area (Å²) in [4.78, 5) is 51.5. The van der Waals surface area contributed by atoms with Crippen molar-refractivity contribution in [3.05, 3.63) is 0 Å². The van der Waals surface area contributed by atoms with Crippen LogP contribution in [0.4, 0.5) is 9.59 Å². The third-order valence-electron chi connectivity index (χ3n) is 5.37. The monoisotopic (exact) mass is 726 g/mol. The van der Waals surface area contributed by atoms with E-state index in [1.54, 1.807) is 41.5 Å². The number of hydrogen-bond acceptors (Lipinski definition) is 14. The van der Waals surface area contributed by atoms with Crippen LogP contribution in [0.5, 0.6) is 0 Å². The third kappa shape index (κ3) is 38.0. The molecule has 4 amide bonds. The van der Waals surface area contributed by atoms with Crippen molar-refractivity contribution >= 4 is 24.0 Å².